The number of rotatable bonds is 2. The van der Waals surface area contributed by atoms with Crippen LogP contribution in [0.5, 0.6) is 0 Å². The van der Waals surface area contributed by atoms with Crippen LogP contribution in [0.1, 0.15) is 5.56 Å². The summed E-state index contributed by atoms with van der Waals surface area (Å²) in [5.74, 6) is 0. The maximum absolute atomic E-state index is 10.9. The van der Waals surface area contributed by atoms with Crippen LogP contribution in [0.3, 0.4) is 0 Å². The van der Waals surface area contributed by atoms with E-state index in [4.69, 9.17) is 10.1 Å². The van der Waals surface area contributed by atoms with Crippen molar-refractivity contribution in [1.82, 2.24) is 9.88 Å². The first-order valence-electron chi connectivity index (χ1n) is 6.89. The Balaban J connectivity index is 1.73. The molecule has 0 atom stereocenters. The van der Waals surface area contributed by atoms with Gasteiger partial charge in [-0.3, -0.25) is 0 Å². The van der Waals surface area contributed by atoms with Gasteiger partial charge in [-0.1, -0.05) is 23.8 Å². The van der Waals surface area contributed by atoms with E-state index in [9.17, 15) is 4.79 Å². The molecule has 3 rings (SSSR count). The van der Waals surface area contributed by atoms with Gasteiger partial charge in [0.05, 0.1) is 5.69 Å². The lowest BCUT2D eigenvalue weighted by Gasteiger charge is -2.32. The summed E-state index contributed by atoms with van der Waals surface area (Å²) < 4.78 is 0. The lowest BCUT2D eigenvalue weighted by molar-refractivity contribution is 0.142. The molecule has 2 aromatic rings. The lowest BCUT2D eigenvalue weighted by Crippen LogP contribution is -2.48. The molecule has 110 valence electrons. The van der Waals surface area contributed by atoms with Crippen molar-refractivity contribution in [3.05, 3.63) is 35.2 Å². The normalized spacial score (nSPS) is 15.3. The predicted octanol–water partition coefficient (Wildman–Crippen LogP) is 2.92. The van der Waals surface area contributed by atoms with Gasteiger partial charge in [-0.15, -0.1) is 11.3 Å². The van der Waals surface area contributed by atoms with Crippen LogP contribution in [-0.2, 0) is 0 Å². The lowest BCUT2D eigenvalue weighted by atomic mass is 10.1. The number of aryl methyl sites for hydroxylation is 1. The van der Waals surface area contributed by atoms with Gasteiger partial charge < -0.3 is 14.9 Å². The zero-order valence-corrected chi connectivity index (χ0v) is 12.6. The minimum Gasteiger partial charge on any atom is -0.465 e. The number of aromatic nitrogens is 1. The fraction of sp³-hybridized carbons (Fsp3) is 0.333. The van der Waals surface area contributed by atoms with Crippen LogP contribution in [0.15, 0.2) is 29.6 Å². The van der Waals surface area contributed by atoms with Crippen LogP contribution >= 0.6 is 11.3 Å². The van der Waals surface area contributed by atoms with Gasteiger partial charge in [0, 0.05) is 37.1 Å². The van der Waals surface area contributed by atoms with Crippen LogP contribution in [0.2, 0.25) is 0 Å². The van der Waals surface area contributed by atoms with Gasteiger partial charge >= 0.3 is 6.09 Å². The Labute approximate surface area is 127 Å². The Morgan fingerprint density at radius 2 is 2.05 bits per heavy atom. The second kappa shape index (κ2) is 5.73. The van der Waals surface area contributed by atoms with Crippen LogP contribution in [-0.4, -0.2) is 47.3 Å². The number of carbonyl (C=O) groups is 1. The highest BCUT2D eigenvalue weighted by atomic mass is 32.1. The molecule has 0 bridgehead atoms. The van der Waals surface area contributed by atoms with Gasteiger partial charge in [0.15, 0.2) is 5.13 Å². The molecule has 1 aliphatic heterocycles. The molecule has 1 aromatic carbocycles. The average Bonchev–Trinajstić information content (AvgIpc) is 2.97. The molecule has 1 aromatic heterocycles. The number of amides is 1. The molecule has 2 heterocycles. The highest BCUT2D eigenvalue weighted by Crippen LogP contribution is 2.28. The molecule has 1 fully saturated rings. The van der Waals surface area contributed by atoms with E-state index in [1.807, 2.05) is 6.07 Å². The quantitative estimate of drug-likeness (QED) is 0.927. The van der Waals surface area contributed by atoms with Crippen LogP contribution in [0.25, 0.3) is 11.3 Å². The predicted molar refractivity (Wildman–Crippen MR) is 84.1 cm³/mol. The van der Waals surface area contributed by atoms with Gasteiger partial charge in [0.25, 0.3) is 0 Å². The maximum Gasteiger partial charge on any atom is 0.407 e. The van der Waals surface area contributed by atoms with Crippen molar-refractivity contribution in [1.29, 1.82) is 0 Å². The minimum atomic E-state index is -0.839. The van der Waals surface area contributed by atoms with E-state index < -0.39 is 6.09 Å². The fourth-order valence-electron chi connectivity index (χ4n) is 2.44. The van der Waals surface area contributed by atoms with Crippen molar-refractivity contribution in [2.24, 2.45) is 0 Å². The van der Waals surface area contributed by atoms with Gasteiger partial charge in [0.2, 0.25) is 0 Å². The number of nitrogens with zero attached hydrogens (tertiary/aromatic N) is 3. The van der Waals surface area contributed by atoms with Gasteiger partial charge in [-0.25, -0.2) is 9.78 Å². The smallest absolute Gasteiger partial charge is 0.407 e. The molecule has 1 amide bonds. The Kier molecular flexibility index (Phi) is 3.79. The Bertz CT molecular complexity index is 648. The van der Waals surface area contributed by atoms with Crippen molar-refractivity contribution in [2.45, 2.75) is 6.92 Å². The molecule has 1 saturated heterocycles. The molecule has 0 unspecified atom stereocenters. The van der Waals surface area contributed by atoms with E-state index in [2.05, 4.69) is 35.4 Å². The van der Waals surface area contributed by atoms with E-state index >= 15 is 0 Å². The Morgan fingerprint density at radius 3 is 2.71 bits per heavy atom. The third-order valence-corrected chi connectivity index (χ3v) is 4.53. The monoisotopic (exact) mass is 303 g/mol. The SMILES string of the molecule is Cc1cccc(-c2csc(N3CCN(C(=O)O)CC3)n2)c1. The van der Waals surface area contributed by atoms with E-state index in [-0.39, 0.29) is 0 Å². The summed E-state index contributed by atoms with van der Waals surface area (Å²) in [7, 11) is 0. The molecule has 0 spiro atoms. The average molecular weight is 303 g/mol. The summed E-state index contributed by atoms with van der Waals surface area (Å²) in [6.45, 7) is 4.55. The summed E-state index contributed by atoms with van der Waals surface area (Å²) in [5, 5.41) is 12.0. The largest absolute Gasteiger partial charge is 0.465 e. The minimum absolute atomic E-state index is 0.536. The molecule has 0 radical (unpaired) electrons. The zero-order chi connectivity index (χ0) is 14.8. The summed E-state index contributed by atoms with van der Waals surface area (Å²) in [6, 6.07) is 8.30. The fourth-order valence-corrected chi connectivity index (χ4v) is 3.32. The molecule has 21 heavy (non-hydrogen) atoms. The number of thiazole rings is 1. The second-order valence-electron chi connectivity index (χ2n) is 5.14. The highest BCUT2D eigenvalue weighted by Gasteiger charge is 2.22. The van der Waals surface area contributed by atoms with Crippen molar-refractivity contribution in [2.75, 3.05) is 31.1 Å². The molecular weight excluding hydrogens is 286 g/mol. The molecule has 0 saturated carbocycles. The first-order valence-corrected chi connectivity index (χ1v) is 7.77. The van der Waals surface area contributed by atoms with Crippen molar-refractivity contribution in [3.8, 4) is 11.3 Å². The topological polar surface area (TPSA) is 56.7 Å². The number of anilines is 1. The van der Waals surface area contributed by atoms with Gasteiger partial charge in [0.1, 0.15) is 0 Å². The highest BCUT2D eigenvalue weighted by molar-refractivity contribution is 7.14. The number of carboxylic acid groups (broad SMARTS) is 1. The summed E-state index contributed by atoms with van der Waals surface area (Å²) in [6.07, 6.45) is -0.839. The first-order chi connectivity index (χ1) is 10.1. The Morgan fingerprint density at radius 1 is 1.29 bits per heavy atom. The molecule has 6 heteroatoms. The molecule has 0 aliphatic carbocycles. The summed E-state index contributed by atoms with van der Waals surface area (Å²) in [4.78, 5) is 19.2. The van der Waals surface area contributed by atoms with Gasteiger partial charge in [-0.05, 0) is 13.0 Å². The zero-order valence-electron chi connectivity index (χ0n) is 11.8. The van der Waals surface area contributed by atoms with E-state index in [1.165, 1.54) is 10.5 Å². The molecule has 1 aliphatic rings. The van der Waals surface area contributed by atoms with Crippen molar-refractivity contribution < 1.29 is 9.90 Å². The van der Waals surface area contributed by atoms with E-state index in [1.54, 1.807) is 11.3 Å². The first kappa shape index (κ1) is 13.9. The van der Waals surface area contributed by atoms with E-state index in [0.717, 1.165) is 16.4 Å². The molecule has 1 N–H and O–H groups in total. The van der Waals surface area contributed by atoms with Crippen molar-refractivity contribution >= 4 is 22.6 Å². The Hall–Kier alpha value is -2.08. The summed E-state index contributed by atoms with van der Waals surface area (Å²) >= 11 is 1.62. The molecule has 5 nitrogen and oxygen atoms in total. The summed E-state index contributed by atoms with van der Waals surface area (Å²) in [5.41, 5.74) is 3.33. The standard InChI is InChI=1S/C15H17N3O2S/c1-11-3-2-4-12(9-11)13-10-21-14(16-13)17-5-7-18(8-6-17)15(19)20/h2-4,9-10H,5-8H2,1H3,(H,19,20). The second-order valence-corrected chi connectivity index (χ2v) is 5.98. The third-order valence-electron chi connectivity index (χ3n) is 3.63. The van der Waals surface area contributed by atoms with E-state index in [0.29, 0.717) is 26.2 Å². The number of piperazine rings is 1. The van der Waals surface area contributed by atoms with Crippen LogP contribution in [0.4, 0.5) is 9.93 Å². The van der Waals surface area contributed by atoms with Crippen molar-refractivity contribution in [3.63, 3.8) is 0 Å². The maximum atomic E-state index is 10.9. The van der Waals surface area contributed by atoms with Gasteiger partial charge in [-0.2, -0.15) is 0 Å². The van der Waals surface area contributed by atoms with Crippen LogP contribution < -0.4 is 4.90 Å². The third kappa shape index (κ3) is 3.00. The number of hydrogen-bond acceptors (Lipinski definition) is 4. The molecular formula is C15H17N3O2S. The number of hydrogen-bond donors (Lipinski definition) is 1. The number of benzene rings is 1. The van der Waals surface area contributed by atoms with Crippen LogP contribution in [0, 0.1) is 6.92 Å².